The van der Waals surface area contributed by atoms with E-state index in [9.17, 15) is 5.11 Å². The Bertz CT molecular complexity index is 403. The van der Waals surface area contributed by atoms with Gasteiger partial charge in [0.15, 0.2) is 0 Å². The van der Waals surface area contributed by atoms with Crippen LogP contribution in [0.25, 0.3) is 0 Å². The van der Waals surface area contributed by atoms with E-state index in [-0.39, 0.29) is 6.10 Å². The van der Waals surface area contributed by atoms with Gasteiger partial charge in [-0.05, 0) is 44.6 Å². The average molecular weight is 280 g/mol. The molecule has 3 rings (SSSR count). The zero-order chi connectivity index (χ0) is 13.1. The smallest absolute Gasteiger partial charge is 0.0959 e. The molecule has 2 unspecified atom stereocenters. The normalized spacial score (nSPS) is 28.3. The molecule has 2 saturated carbocycles. The lowest BCUT2D eigenvalue weighted by Gasteiger charge is -2.25. The maximum atomic E-state index is 9.66. The summed E-state index contributed by atoms with van der Waals surface area (Å²) in [5, 5.41) is 14.5. The maximum absolute atomic E-state index is 9.66. The Kier molecular flexibility index (Phi) is 4.51. The fourth-order valence-corrected chi connectivity index (χ4v) is 4.15. The third-order valence-electron chi connectivity index (χ3n) is 4.51. The second-order valence-electron chi connectivity index (χ2n) is 6.11. The number of rotatable bonds is 5. The number of hydrogen-bond acceptors (Lipinski definition) is 4. The van der Waals surface area contributed by atoms with Crippen LogP contribution in [-0.2, 0) is 6.54 Å². The van der Waals surface area contributed by atoms with Crippen LogP contribution in [0.2, 0.25) is 0 Å². The molecule has 0 radical (unpaired) electrons. The molecule has 2 N–H and O–H groups in total. The molecule has 2 fully saturated rings. The zero-order valence-electron chi connectivity index (χ0n) is 11.5. The van der Waals surface area contributed by atoms with E-state index in [0.717, 1.165) is 31.8 Å². The molecular weight excluding hydrogens is 256 g/mol. The third kappa shape index (κ3) is 3.56. The number of hydrogen-bond donors (Lipinski definition) is 2. The molecule has 4 heteroatoms. The Morgan fingerprint density at radius 2 is 2.11 bits per heavy atom. The molecule has 1 aromatic heterocycles. The number of aliphatic hydroxyl groups excluding tert-OH is 1. The minimum Gasteiger partial charge on any atom is -0.393 e. The number of aromatic nitrogens is 1. The molecule has 0 amide bonds. The van der Waals surface area contributed by atoms with Crippen LogP contribution in [-0.4, -0.2) is 22.7 Å². The quantitative estimate of drug-likeness (QED) is 0.871. The van der Waals surface area contributed by atoms with Gasteiger partial charge in [0.05, 0.1) is 11.1 Å². The van der Waals surface area contributed by atoms with Crippen molar-refractivity contribution < 1.29 is 5.11 Å². The van der Waals surface area contributed by atoms with Crippen molar-refractivity contribution in [2.24, 2.45) is 5.92 Å². The zero-order valence-corrected chi connectivity index (χ0v) is 12.3. The van der Waals surface area contributed by atoms with Crippen molar-refractivity contribution in [2.45, 2.75) is 63.5 Å². The van der Waals surface area contributed by atoms with Crippen LogP contribution >= 0.6 is 11.3 Å². The molecule has 0 aromatic carbocycles. The monoisotopic (exact) mass is 280 g/mol. The highest BCUT2D eigenvalue weighted by atomic mass is 32.1. The largest absolute Gasteiger partial charge is 0.393 e. The van der Waals surface area contributed by atoms with Crippen molar-refractivity contribution in [1.29, 1.82) is 0 Å². The number of nitrogens with one attached hydrogen (secondary N) is 1. The molecule has 0 spiro atoms. The van der Waals surface area contributed by atoms with Crippen molar-refractivity contribution in [1.82, 2.24) is 10.3 Å². The van der Waals surface area contributed by atoms with Crippen LogP contribution in [0.3, 0.4) is 0 Å². The van der Waals surface area contributed by atoms with Crippen LogP contribution in [0.4, 0.5) is 0 Å². The predicted octanol–water partition coefficient (Wildman–Crippen LogP) is 3.05. The van der Waals surface area contributed by atoms with Crippen molar-refractivity contribution in [3.05, 3.63) is 16.1 Å². The van der Waals surface area contributed by atoms with Gasteiger partial charge in [0.1, 0.15) is 0 Å². The maximum Gasteiger partial charge on any atom is 0.0959 e. The number of aliphatic hydroxyl groups is 1. The van der Waals surface area contributed by atoms with Gasteiger partial charge in [0, 0.05) is 23.5 Å². The predicted molar refractivity (Wildman–Crippen MR) is 78.4 cm³/mol. The molecule has 1 heterocycles. The highest BCUT2D eigenvalue weighted by Gasteiger charge is 2.23. The SMILES string of the molecule is OC1CCCC(CNCc2cnc(C3CCC3)s2)C1. The molecule has 1 aromatic rings. The first-order valence-electron chi connectivity index (χ1n) is 7.64. The molecule has 106 valence electrons. The molecule has 2 aliphatic rings. The van der Waals surface area contributed by atoms with E-state index < -0.39 is 0 Å². The number of nitrogens with zero attached hydrogens (tertiary/aromatic N) is 1. The summed E-state index contributed by atoms with van der Waals surface area (Å²) >= 11 is 1.88. The standard InChI is InChI=1S/C15H24N2OS/c18-13-6-1-3-11(7-13)8-16-9-14-10-17-15(19-14)12-4-2-5-12/h10-13,16,18H,1-9H2. The minimum atomic E-state index is -0.0610. The van der Waals surface area contributed by atoms with Crippen molar-refractivity contribution >= 4 is 11.3 Å². The molecular formula is C15H24N2OS. The third-order valence-corrected chi connectivity index (χ3v) is 5.67. The summed E-state index contributed by atoms with van der Waals surface area (Å²) in [5.74, 6) is 1.41. The van der Waals surface area contributed by atoms with Gasteiger partial charge in [-0.15, -0.1) is 11.3 Å². The molecule has 2 aliphatic carbocycles. The fourth-order valence-electron chi connectivity index (χ4n) is 3.10. The molecule has 0 aliphatic heterocycles. The fraction of sp³-hybridized carbons (Fsp3) is 0.800. The highest BCUT2D eigenvalue weighted by molar-refractivity contribution is 7.11. The van der Waals surface area contributed by atoms with E-state index in [1.807, 2.05) is 17.5 Å². The van der Waals surface area contributed by atoms with E-state index in [0.29, 0.717) is 5.92 Å². The Morgan fingerprint density at radius 1 is 1.26 bits per heavy atom. The summed E-state index contributed by atoms with van der Waals surface area (Å²) in [6.45, 7) is 1.98. The Morgan fingerprint density at radius 3 is 2.84 bits per heavy atom. The first kappa shape index (κ1) is 13.5. The lowest BCUT2D eigenvalue weighted by Crippen LogP contribution is -2.28. The van der Waals surface area contributed by atoms with E-state index in [1.165, 1.54) is 42.0 Å². The molecule has 0 bridgehead atoms. The van der Waals surface area contributed by atoms with Gasteiger partial charge in [-0.2, -0.15) is 0 Å². The van der Waals surface area contributed by atoms with Crippen molar-refractivity contribution in [3.8, 4) is 0 Å². The molecule has 19 heavy (non-hydrogen) atoms. The van der Waals surface area contributed by atoms with Crippen molar-refractivity contribution in [3.63, 3.8) is 0 Å². The van der Waals surface area contributed by atoms with Gasteiger partial charge in [-0.25, -0.2) is 4.98 Å². The average Bonchev–Trinajstić information content (AvgIpc) is 2.75. The van der Waals surface area contributed by atoms with E-state index in [2.05, 4.69) is 10.3 Å². The molecule has 2 atom stereocenters. The molecule has 3 nitrogen and oxygen atoms in total. The van der Waals surface area contributed by atoms with Crippen molar-refractivity contribution in [2.75, 3.05) is 6.54 Å². The van der Waals surface area contributed by atoms with Crippen LogP contribution in [0.15, 0.2) is 6.20 Å². The van der Waals surface area contributed by atoms with Gasteiger partial charge in [0.2, 0.25) is 0 Å². The Labute approximate surface area is 119 Å². The van der Waals surface area contributed by atoms with Crippen LogP contribution in [0.5, 0.6) is 0 Å². The second-order valence-corrected chi connectivity index (χ2v) is 7.26. The summed E-state index contributed by atoms with van der Waals surface area (Å²) < 4.78 is 0. The lowest BCUT2D eigenvalue weighted by molar-refractivity contribution is 0.101. The first-order chi connectivity index (χ1) is 9.31. The summed E-state index contributed by atoms with van der Waals surface area (Å²) in [5.41, 5.74) is 0. The Balaban J connectivity index is 1.40. The van der Waals surface area contributed by atoms with Gasteiger partial charge in [-0.1, -0.05) is 12.8 Å². The van der Waals surface area contributed by atoms with Gasteiger partial charge in [0.25, 0.3) is 0 Å². The van der Waals surface area contributed by atoms with Gasteiger partial charge < -0.3 is 10.4 Å². The van der Waals surface area contributed by atoms with E-state index >= 15 is 0 Å². The van der Waals surface area contributed by atoms with E-state index in [4.69, 9.17) is 0 Å². The van der Waals surface area contributed by atoms with Gasteiger partial charge in [-0.3, -0.25) is 0 Å². The van der Waals surface area contributed by atoms with Crippen LogP contribution in [0, 0.1) is 5.92 Å². The second kappa shape index (κ2) is 6.33. The molecule has 0 saturated heterocycles. The Hall–Kier alpha value is -0.450. The highest BCUT2D eigenvalue weighted by Crippen LogP contribution is 2.38. The summed E-state index contributed by atoms with van der Waals surface area (Å²) in [7, 11) is 0. The van der Waals surface area contributed by atoms with E-state index in [1.54, 1.807) is 0 Å². The summed E-state index contributed by atoms with van der Waals surface area (Å²) in [6, 6.07) is 0. The van der Waals surface area contributed by atoms with Crippen LogP contribution < -0.4 is 5.32 Å². The summed E-state index contributed by atoms with van der Waals surface area (Å²) in [6.07, 6.45) is 10.4. The van der Waals surface area contributed by atoms with Crippen LogP contribution in [0.1, 0.15) is 60.7 Å². The lowest BCUT2D eigenvalue weighted by atomic mass is 9.86. The topological polar surface area (TPSA) is 45.1 Å². The number of thiazole rings is 1. The summed E-state index contributed by atoms with van der Waals surface area (Å²) in [4.78, 5) is 5.91. The minimum absolute atomic E-state index is 0.0610. The first-order valence-corrected chi connectivity index (χ1v) is 8.46. The van der Waals surface area contributed by atoms with Gasteiger partial charge >= 0.3 is 0 Å².